The number of amides is 2. The van der Waals surface area contributed by atoms with E-state index in [0.29, 0.717) is 0 Å². The number of fused-ring (bicyclic) bond motifs is 1. The summed E-state index contributed by atoms with van der Waals surface area (Å²) >= 11 is 0. The molecule has 2 atom stereocenters. The Labute approximate surface area is 86.9 Å². The molecule has 15 heavy (non-hydrogen) atoms. The van der Waals surface area contributed by atoms with Crippen LogP contribution in [0.2, 0.25) is 0 Å². The van der Waals surface area contributed by atoms with Crippen LogP contribution in [0.4, 0.5) is 0 Å². The Hall–Kier alpha value is -1.55. The summed E-state index contributed by atoms with van der Waals surface area (Å²) < 4.78 is 0. The van der Waals surface area contributed by atoms with E-state index >= 15 is 0 Å². The van der Waals surface area contributed by atoms with Crippen molar-refractivity contribution in [1.82, 2.24) is 4.90 Å². The van der Waals surface area contributed by atoms with Crippen LogP contribution in [-0.4, -0.2) is 29.8 Å². The van der Waals surface area contributed by atoms with Crippen LogP contribution in [-0.2, 0) is 9.59 Å². The van der Waals surface area contributed by atoms with Crippen LogP contribution in [0.25, 0.3) is 10.4 Å². The number of imide groups is 1. The van der Waals surface area contributed by atoms with Crippen LogP contribution in [0.5, 0.6) is 0 Å². The van der Waals surface area contributed by atoms with Crippen molar-refractivity contribution in [2.24, 2.45) is 17.0 Å². The number of hydrogen-bond donors (Lipinski definition) is 0. The molecule has 0 spiro atoms. The van der Waals surface area contributed by atoms with E-state index in [0.717, 1.165) is 19.3 Å². The molecule has 2 aliphatic rings. The van der Waals surface area contributed by atoms with Crippen molar-refractivity contribution in [2.75, 3.05) is 13.1 Å². The Morgan fingerprint density at radius 1 is 1.33 bits per heavy atom. The van der Waals surface area contributed by atoms with Crippen molar-refractivity contribution < 1.29 is 9.59 Å². The maximum Gasteiger partial charge on any atom is 0.233 e. The molecule has 1 heterocycles. The lowest BCUT2D eigenvalue weighted by atomic mass is 10.00. The normalized spacial score (nSPS) is 29.2. The Bertz CT molecular complexity index is 326. The zero-order chi connectivity index (χ0) is 10.8. The monoisotopic (exact) mass is 208 g/mol. The summed E-state index contributed by atoms with van der Waals surface area (Å²) in [6.07, 6.45) is 2.62. The van der Waals surface area contributed by atoms with Gasteiger partial charge in [0.05, 0.1) is 11.8 Å². The van der Waals surface area contributed by atoms with Gasteiger partial charge in [0.15, 0.2) is 0 Å². The van der Waals surface area contributed by atoms with Crippen LogP contribution in [0.3, 0.4) is 0 Å². The third kappa shape index (κ3) is 1.57. The number of carbonyl (C=O) groups excluding carboxylic acids is 2. The SMILES string of the molecule is [N-]=[N+]=NCCN1C(=O)C2CCCC2C1=O. The second kappa shape index (κ2) is 3.90. The summed E-state index contributed by atoms with van der Waals surface area (Å²) in [7, 11) is 0. The van der Waals surface area contributed by atoms with Gasteiger partial charge in [-0.15, -0.1) is 0 Å². The van der Waals surface area contributed by atoms with E-state index in [1.807, 2.05) is 0 Å². The quantitative estimate of drug-likeness (QED) is 0.301. The topological polar surface area (TPSA) is 86.1 Å². The van der Waals surface area contributed by atoms with Gasteiger partial charge < -0.3 is 0 Å². The summed E-state index contributed by atoms with van der Waals surface area (Å²) in [5, 5.41) is 3.33. The van der Waals surface area contributed by atoms with Crippen molar-refractivity contribution in [3.05, 3.63) is 10.4 Å². The smallest absolute Gasteiger partial charge is 0.233 e. The molecule has 2 fully saturated rings. The van der Waals surface area contributed by atoms with Gasteiger partial charge in [0.1, 0.15) is 0 Å². The van der Waals surface area contributed by atoms with Gasteiger partial charge >= 0.3 is 0 Å². The molecule has 2 unspecified atom stereocenters. The van der Waals surface area contributed by atoms with Crippen molar-refractivity contribution in [3.63, 3.8) is 0 Å². The van der Waals surface area contributed by atoms with Crippen LogP contribution in [0, 0.1) is 11.8 Å². The molecule has 0 aromatic rings. The third-order valence-corrected chi connectivity index (χ3v) is 3.17. The first-order valence-electron chi connectivity index (χ1n) is 5.12. The van der Waals surface area contributed by atoms with Gasteiger partial charge in [-0.3, -0.25) is 14.5 Å². The van der Waals surface area contributed by atoms with Crippen molar-refractivity contribution in [3.8, 4) is 0 Å². The molecule has 0 aromatic carbocycles. The first kappa shape index (κ1) is 9.98. The summed E-state index contributed by atoms with van der Waals surface area (Å²) in [6, 6.07) is 0. The summed E-state index contributed by atoms with van der Waals surface area (Å²) in [4.78, 5) is 27.4. The van der Waals surface area contributed by atoms with E-state index in [9.17, 15) is 9.59 Å². The minimum Gasteiger partial charge on any atom is -0.282 e. The minimum atomic E-state index is -0.0939. The molecule has 0 bridgehead atoms. The molecule has 0 aromatic heterocycles. The molecule has 1 aliphatic carbocycles. The lowest BCUT2D eigenvalue weighted by molar-refractivity contribution is -0.140. The average molecular weight is 208 g/mol. The molecule has 2 rings (SSSR count). The molecule has 1 aliphatic heterocycles. The minimum absolute atomic E-state index is 0.0735. The van der Waals surface area contributed by atoms with E-state index in [4.69, 9.17) is 5.53 Å². The highest BCUT2D eigenvalue weighted by Gasteiger charge is 2.49. The number of azide groups is 1. The van der Waals surface area contributed by atoms with Crippen LogP contribution in [0.15, 0.2) is 5.11 Å². The van der Waals surface area contributed by atoms with Crippen molar-refractivity contribution >= 4 is 11.8 Å². The molecule has 0 radical (unpaired) electrons. The van der Waals surface area contributed by atoms with E-state index in [1.165, 1.54) is 4.90 Å². The molecular formula is C9H12N4O2. The lowest BCUT2D eigenvalue weighted by Gasteiger charge is -2.13. The highest BCUT2D eigenvalue weighted by molar-refractivity contribution is 6.05. The van der Waals surface area contributed by atoms with Gasteiger partial charge in [0.2, 0.25) is 11.8 Å². The summed E-state index contributed by atoms with van der Waals surface area (Å²) in [5.74, 6) is -0.335. The largest absolute Gasteiger partial charge is 0.282 e. The molecule has 6 heteroatoms. The molecule has 2 amide bonds. The van der Waals surface area contributed by atoms with Gasteiger partial charge in [-0.1, -0.05) is 11.5 Å². The van der Waals surface area contributed by atoms with Gasteiger partial charge in [0, 0.05) is 18.0 Å². The van der Waals surface area contributed by atoms with Gasteiger partial charge in [-0.05, 0) is 18.4 Å². The second-order valence-electron chi connectivity index (χ2n) is 3.93. The maximum absolute atomic E-state index is 11.8. The number of nitrogens with zero attached hydrogens (tertiary/aromatic N) is 4. The van der Waals surface area contributed by atoms with Crippen LogP contribution < -0.4 is 0 Å². The number of carbonyl (C=O) groups is 2. The molecule has 80 valence electrons. The highest BCUT2D eigenvalue weighted by Crippen LogP contribution is 2.39. The number of rotatable bonds is 3. The number of hydrogen-bond acceptors (Lipinski definition) is 3. The first-order valence-corrected chi connectivity index (χ1v) is 5.12. The third-order valence-electron chi connectivity index (χ3n) is 3.17. The van der Waals surface area contributed by atoms with E-state index < -0.39 is 0 Å². The second-order valence-corrected chi connectivity index (χ2v) is 3.93. The highest BCUT2D eigenvalue weighted by atomic mass is 16.2. The predicted octanol–water partition coefficient (Wildman–Crippen LogP) is 1.08. The molecular weight excluding hydrogens is 196 g/mol. The summed E-state index contributed by atoms with van der Waals surface area (Å²) in [6.45, 7) is 0.405. The van der Waals surface area contributed by atoms with E-state index in [-0.39, 0.29) is 36.7 Å². The van der Waals surface area contributed by atoms with Crippen LogP contribution in [0.1, 0.15) is 19.3 Å². The Morgan fingerprint density at radius 3 is 2.47 bits per heavy atom. The lowest BCUT2D eigenvalue weighted by Crippen LogP contribution is -2.33. The maximum atomic E-state index is 11.8. The fraction of sp³-hybridized carbons (Fsp3) is 0.778. The average Bonchev–Trinajstić information content (AvgIpc) is 2.77. The van der Waals surface area contributed by atoms with E-state index in [1.54, 1.807) is 0 Å². The fourth-order valence-electron chi connectivity index (χ4n) is 2.47. The Morgan fingerprint density at radius 2 is 1.93 bits per heavy atom. The van der Waals surface area contributed by atoms with E-state index in [2.05, 4.69) is 10.0 Å². The molecule has 0 N–H and O–H groups in total. The van der Waals surface area contributed by atoms with Crippen molar-refractivity contribution in [1.29, 1.82) is 0 Å². The Balaban J connectivity index is 2.04. The summed E-state index contributed by atoms with van der Waals surface area (Å²) in [5.41, 5.74) is 8.10. The predicted molar refractivity (Wildman–Crippen MR) is 51.6 cm³/mol. The standard InChI is InChI=1S/C9H12N4O2/c10-12-11-4-5-13-8(14)6-2-1-3-7(6)9(13)15/h6-7H,1-5H2. The van der Waals surface area contributed by atoms with Gasteiger partial charge in [-0.25, -0.2) is 0 Å². The molecule has 1 saturated carbocycles. The van der Waals surface area contributed by atoms with Gasteiger partial charge in [-0.2, -0.15) is 0 Å². The fourth-order valence-corrected chi connectivity index (χ4v) is 2.47. The van der Waals surface area contributed by atoms with Gasteiger partial charge in [0.25, 0.3) is 0 Å². The molecule has 1 saturated heterocycles. The first-order chi connectivity index (χ1) is 7.25. The Kier molecular flexibility index (Phi) is 2.60. The zero-order valence-electron chi connectivity index (χ0n) is 8.30. The number of likely N-dealkylation sites (tertiary alicyclic amines) is 1. The van der Waals surface area contributed by atoms with Crippen molar-refractivity contribution in [2.45, 2.75) is 19.3 Å². The zero-order valence-corrected chi connectivity index (χ0v) is 8.30. The van der Waals surface area contributed by atoms with Crippen LogP contribution >= 0.6 is 0 Å². The molecule has 6 nitrogen and oxygen atoms in total.